The fourth-order valence-corrected chi connectivity index (χ4v) is 3.39. The van der Waals surface area contributed by atoms with Gasteiger partial charge in [-0.2, -0.15) is 4.98 Å². The van der Waals surface area contributed by atoms with E-state index in [0.29, 0.717) is 23.9 Å². The van der Waals surface area contributed by atoms with Gasteiger partial charge in [-0.1, -0.05) is 17.3 Å². The first-order chi connectivity index (χ1) is 13.1. The summed E-state index contributed by atoms with van der Waals surface area (Å²) in [4.78, 5) is 21.0. The molecule has 0 saturated heterocycles. The van der Waals surface area contributed by atoms with Crippen molar-refractivity contribution in [3.05, 3.63) is 64.8 Å². The van der Waals surface area contributed by atoms with Crippen LogP contribution in [0, 0.1) is 6.92 Å². The average molecular weight is 364 g/mol. The number of pyridine rings is 1. The topological polar surface area (TPSA) is 90.1 Å². The minimum Gasteiger partial charge on any atom is -0.375 e. The van der Waals surface area contributed by atoms with Gasteiger partial charge >= 0.3 is 0 Å². The summed E-state index contributed by atoms with van der Waals surface area (Å²) < 4.78 is 10.2. The fraction of sp³-hybridized carbons (Fsp3) is 0.300. The maximum absolute atomic E-state index is 12.5. The zero-order valence-corrected chi connectivity index (χ0v) is 15.2. The Labute approximate surface area is 156 Å². The van der Waals surface area contributed by atoms with E-state index >= 15 is 0 Å². The lowest BCUT2D eigenvalue weighted by atomic mass is 10.0. The third kappa shape index (κ3) is 3.59. The molecule has 1 atom stereocenters. The summed E-state index contributed by atoms with van der Waals surface area (Å²) in [5.74, 6) is 0.917. The van der Waals surface area contributed by atoms with Crippen LogP contribution in [-0.2, 0) is 17.8 Å². The highest BCUT2D eigenvalue weighted by Crippen LogP contribution is 2.34. The van der Waals surface area contributed by atoms with E-state index in [4.69, 9.17) is 9.26 Å². The number of rotatable bonds is 5. The number of carbonyl (C=O) groups is 1. The molecule has 0 bridgehead atoms. The number of benzene rings is 1. The fourth-order valence-electron chi connectivity index (χ4n) is 3.39. The van der Waals surface area contributed by atoms with Crippen molar-refractivity contribution in [2.24, 2.45) is 0 Å². The molecule has 4 rings (SSSR count). The van der Waals surface area contributed by atoms with Crippen LogP contribution >= 0.6 is 0 Å². The molecule has 1 N–H and O–H groups in total. The molecule has 0 radical (unpaired) electrons. The first-order valence-electron chi connectivity index (χ1n) is 8.82. The maximum atomic E-state index is 12.5. The van der Waals surface area contributed by atoms with Gasteiger partial charge in [0.1, 0.15) is 6.61 Å². The highest BCUT2D eigenvalue weighted by atomic mass is 16.5. The normalized spacial score (nSPS) is 15.6. The molecular formula is C20H20N4O3. The Balaban J connectivity index is 1.51. The number of ether oxygens (including phenoxy) is 1. The molecule has 138 valence electrons. The predicted molar refractivity (Wildman–Crippen MR) is 97.9 cm³/mol. The molecule has 1 aromatic carbocycles. The van der Waals surface area contributed by atoms with E-state index in [-0.39, 0.29) is 11.9 Å². The van der Waals surface area contributed by atoms with Crippen molar-refractivity contribution in [1.29, 1.82) is 0 Å². The van der Waals surface area contributed by atoms with Crippen LogP contribution in [0.25, 0.3) is 11.4 Å². The summed E-state index contributed by atoms with van der Waals surface area (Å²) in [6, 6.07) is 9.59. The second kappa shape index (κ2) is 7.28. The van der Waals surface area contributed by atoms with Crippen LogP contribution in [0.15, 0.2) is 41.1 Å². The van der Waals surface area contributed by atoms with E-state index in [2.05, 4.69) is 26.5 Å². The molecule has 1 aliphatic carbocycles. The number of aryl methyl sites for hydroxylation is 2. The summed E-state index contributed by atoms with van der Waals surface area (Å²) in [7, 11) is 1.58. The molecule has 0 spiro atoms. The highest BCUT2D eigenvalue weighted by molar-refractivity contribution is 5.94. The van der Waals surface area contributed by atoms with Crippen molar-refractivity contribution in [2.45, 2.75) is 32.4 Å². The van der Waals surface area contributed by atoms with Crippen LogP contribution in [0.1, 0.15) is 45.5 Å². The van der Waals surface area contributed by atoms with E-state index in [1.165, 1.54) is 5.56 Å². The number of aromatic nitrogens is 3. The zero-order valence-electron chi connectivity index (χ0n) is 15.2. The van der Waals surface area contributed by atoms with E-state index in [1.807, 2.05) is 19.1 Å². The van der Waals surface area contributed by atoms with Crippen LogP contribution in [0.5, 0.6) is 0 Å². The van der Waals surface area contributed by atoms with Gasteiger partial charge in [0.25, 0.3) is 11.8 Å². The Hall–Kier alpha value is -3.06. The molecule has 1 amide bonds. The molecule has 0 fully saturated rings. The van der Waals surface area contributed by atoms with Gasteiger partial charge in [-0.3, -0.25) is 9.78 Å². The summed E-state index contributed by atoms with van der Waals surface area (Å²) in [6.07, 6.45) is 3.42. The Morgan fingerprint density at radius 1 is 1.33 bits per heavy atom. The molecule has 2 heterocycles. The van der Waals surface area contributed by atoms with Crippen molar-refractivity contribution in [1.82, 2.24) is 20.4 Å². The van der Waals surface area contributed by atoms with E-state index in [1.54, 1.807) is 25.4 Å². The average Bonchev–Trinajstić information content (AvgIpc) is 3.29. The minimum absolute atomic E-state index is 0.00402. The van der Waals surface area contributed by atoms with Crippen LogP contribution in [0.3, 0.4) is 0 Å². The number of fused-ring (bicyclic) bond motifs is 1. The van der Waals surface area contributed by atoms with Gasteiger partial charge < -0.3 is 14.6 Å². The van der Waals surface area contributed by atoms with Crippen LogP contribution in [0.2, 0.25) is 0 Å². The lowest BCUT2D eigenvalue weighted by Gasteiger charge is -2.14. The SMILES string of the molecule is COCc1nc(-c2ccc3c(c2)CC[C@H]3NC(=O)c2ccnc(C)c2)no1. The van der Waals surface area contributed by atoms with Gasteiger partial charge in [0.15, 0.2) is 0 Å². The number of nitrogens with zero attached hydrogens (tertiary/aromatic N) is 3. The first-order valence-corrected chi connectivity index (χ1v) is 8.82. The Morgan fingerprint density at radius 3 is 3.04 bits per heavy atom. The van der Waals surface area contributed by atoms with Gasteiger partial charge in [0, 0.05) is 30.1 Å². The summed E-state index contributed by atoms with van der Waals surface area (Å²) in [5.41, 5.74) is 4.69. The number of carbonyl (C=O) groups excluding carboxylic acids is 1. The van der Waals surface area contributed by atoms with Crippen LogP contribution in [-0.4, -0.2) is 28.1 Å². The van der Waals surface area contributed by atoms with Crippen molar-refractivity contribution in [2.75, 3.05) is 7.11 Å². The van der Waals surface area contributed by atoms with Crippen molar-refractivity contribution >= 4 is 5.91 Å². The Morgan fingerprint density at radius 2 is 2.22 bits per heavy atom. The molecule has 2 aromatic heterocycles. The number of hydrogen-bond acceptors (Lipinski definition) is 6. The standard InChI is InChI=1S/C20H20N4O3/c1-12-9-15(7-8-21-12)20(25)22-17-6-4-13-10-14(3-5-16(13)17)19-23-18(11-26-2)27-24-19/h3,5,7-10,17H,4,6,11H2,1-2H3,(H,22,25)/t17-/m1/s1. The number of amides is 1. The van der Waals surface area contributed by atoms with Gasteiger partial charge in [0.05, 0.1) is 6.04 Å². The third-order valence-corrected chi connectivity index (χ3v) is 4.68. The highest BCUT2D eigenvalue weighted by Gasteiger charge is 2.25. The summed E-state index contributed by atoms with van der Waals surface area (Å²) in [5, 5.41) is 7.13. The Bertz CT molecular complexity index is 983. The largest absolute Gasteiger partial charge is 0.375 e. The van der Waals surface area contributed by atoms with Crippen molar-refractivity contribution in [3.8, 4) is 11.4 Å². The van der Waals surface area contributed by atoms with E-state index < -0.39 is 0 Å². The first kappa shape index (κ1) is 17.4. The van der Waals surface area contributed by atoms with Crippen molar-refractivity contribution in [3.63, 3.8) is 0 Å². The molecule has 0 aliphatic heterocycles. The predicted octanol–water partition coefficient (Wildman–Crippen LogP) is 3.00. The van der Waals surface area contributed by atoms with Crippen LogP contribution in [0.4, 0.5) is 0 Å². The molecular weight excluding hydrogens is 344 g/mol. The molecule has 7 nitrogen and oxygen atoms in total. The van der Waals surface area contributed by atoms with Gasteiger partial charge in [-0.25, -0.2) is 0 Å². The number of methoxy groups -OCH3 is 1. The van der Waals surface area contributed by atoms with Gasteiger partial charge in [-0.05, 0) is 49.1 Å². The molecule has 7 heteroatoms. The van der Waals surface area contributed by atoms with Crippen molar-refractivity contribution < 1.29 is 14.1 Å². The molecule has 0 unspecified atom stereocenters. The van der Waals surface area contributed by atoms with Gasteiger partial charge in [-0.15, -0.1) is 0 Å². The molecule has 27 heavy (non-hydrogen) atoms. The molecule has 0 saturated carbocycles. The lowest BCUT2D eigenvalue weighted by Crippen LogP contribution is -2.27. The minimum atomic E-state index is -0.0789. The van der Waals surface area contributed by atoms with E-state index in [0.717, 1.165) is 29.7 Å². The summed E-state index contributed by atoms with van der Waals surface area (Å²) >= 11 is 0. The van der Waals surface area contributed by atoms with Gasteiger partial charge in [0.2, 0.25) is 5.82 Å². The monoisotopic (exact) mass is 364 g/mol. The maximum Gasteiger partial charge on any atom is 0.252 e. The number of hydrogen-bond donors (Lipinski definition) is 1. The molecule has 3 aromatic rings. The lowest BCUT2D eigenvalue weighted by molar-refractivity contribution is 0.0936. The second-order valence-corrected chi connectivity index (χ2v) is 6.61. The smallest absolute Gasteiger partial charge is 0.252 e. The van der Waals surface area contributed by atoms with Crippen LogP contribution < -0.4 is 5.32 Å². The quantitative estimate of drug-likeness (QED) is 0.748. The van der Waals surface area contributed by atoms with E-state index in [9.17, 15) is 4.79 Å². The third-order valence-electron chi connectivity index (χ3n) is 4.68. The Kier molecular flexibility index (Phi) is 4.68. The molecule has 1 aliphatic rings. The second-order valence-electron chi connectivity index (χ2n) is 6.61. The summed E-state index contributed by atoms with van der Waals surface area (Å²) in [6.45, 7) is 2.17. The number of nitrogens with one attached hydrogen (secondary N) is 1. The zero-order chi connectivity index (χ0) is 18.8.